The molecule has 0 radical (unpaired) electrons. The monoisotopic (exact) mass is 243 g/mol. The number of hydrogen-bond acceptors (Lipinski definition) is 4. The molecule has 0 fully saturated rings. The van der Waals surface area contributed by atoms with E-state index in [0.29, 0.717) is 13.1 Å². The lowest BCUT2D eigenvalue weighted by molar-refractivity contribution is 0.589. The van der Waals surface area contributed by atoms with Crippen molar-refractivity contribution in [3.63, 3.8) is 0 Å². The Morgan fingerprint density at radius 2 is 2.00 bits per heavy atom. The third-order valence-electron chi connectivity index (χ3n) is 2.09. The Morgan fingerprint density at radius 3 is 2.56 bits per heavy atom. The van der Waals surface area contributed by atoms with E-state index >= 15 is 0 Å². The summed E-state index contributed by atoms with van der Waals surface area (Å²) in [7, 11) is -3.10. The fourth-order valence-electron chi connectivity index (χ4n) is 1.23. The van der Waals surface area contributed by atoms with Crippen molar-refractivity contribution in [2.24, 2.45) is 0 Å². The molecule has 0 spiro atoms. The van der Waals surface area contributed by atoms with Crippen LogP contribution in [0, 0.1) is 6.92 Å². The molecule has 4 N–H and O–H groups in total. The molecule has 0 aliphatic heterocycles. The predicted octanol–water partition coefficient (Wildman–Crippen LogP) is 0.538. The number of aryl methyl sites for hydroxylation is 1. The molecule has 0 saturated carbocycles. The Morgan fingerprint density at radius 1 is 1.31 bits per heavy atom. The summed E-state index contributed by atoms with van der Waals surface area (Å²) in [4.78, 5) is 0. The molecule has 0 saturated heterocycles. The highest BCUT2D eigenvalue weighted by Gasteiger charge is 1.99. The van der Waals surface area contributed by atoms with Gasteiger partial charge in [-0.3, -0.25) is 0 Å². The zero-order valence-electron chi connectivity index (χ0n) is 9.45. The largest absolute Gasteiger partial charge is 0.399 e. The molecule has 0 aromatic heterocycles. The maximum Gasteiger partial charge on any atom is 0.208 e. The van der Waals surface area contributed by atoms with Crippen molar-refractivity contribution >= 4 is 21.4 Å². The van der Waals surface area contributed by atoms with E-state index in [4.69, 9.17) is 5.73 Å². The minimum Gasteiger partial charge on any atom is -0.399 e. The molecule has 90 valence electrons. The molecule has 1 aromatic rings. The zero-order chi connectivity index (χ0) is 12.2. The smallest absolute Gasteiger partial charge is 0.208 e. The highest BCUT2D eigenvalue weighted by molar-refractivity contribution is 7.88. The van der Waals surface area contributed by atoms with Crippen molar-refractivity contribution in [1.82, 2.24) is 4.72 Å². The van der Waals surface area contributed by atoms with Crippen LogP contribution in [0.3, 0.4) is 0 Å². The molecule has 0 bridgehead atoms. The zero-order valence-corrected chi connectivity index (χ0v) is 10.3. The Balaban J connectivity index is 2.41. The van der Waals surface area contributed by atoms with Crippen LogP contribution in [0.4, 0.5) is 11.4 Å². The molecule has 0 aliphatic rings. The molecule has 1 aromatic carbocycles. The van der Waals surface area contributed by atoms with E-state index < -0.39 is 10.0 Å². The SMILES string of the molecule is Cc1cc(NCCNS(C)(=O)=O)ccc1N. The highest BCUT2D eigenvalue weighted by atomic mass is 32.2. The first-order valence-electron chi connectivity index (χ1n) is 4.93. The second-order valence-corrected chi connectivity index (χ2v) is 5.50. The van der Waals surface area contributed by atoms with Crippen LogP contribution in [0.25, 0.3) is 0 Å². The highest BCUT2D eigenvalue weighted by Crippen LogP contribution is 2.15. The molecule has 0 amide bonds. The Labute approximate surface area is 96.1 Å². The summed E-state index contributed by atoms with van der Waals surface area (Å²) in [5.41, 5.74) is 8.36. The standard InChI is InChI=1S/C10H17N3O2S/c1-8-7-9(3-4-10(8)11)12-5-6-13-16(2,14)15/h3-4,7,12-13H,5-6,11H2,1-2H3. The van der Waals surface area contributed by atoms with Gasteiger partial charge in [-0.1, -0.05) is 0 Å². The fourth-order valence-corrected chi connectivity index (χ4v) is 1.70. The minimum atomic E-state index is -3.10. The lowest BCUT2D eigenvalue weighted by atomic mass is 10.2. The first-order valence-corrected chi connectivity index (χ1v) is 6.82. The van der Waals surface area contributed by atoms with Crippen LogP contribution in [-0.4, -0.2) is 27.8 Å². The summed E-state index contributed by atoms with van der Waals surface area (Å²) >= 11 is 0. The quantitative estimate of drug-likeness (QED) is 0.520. The second kappa shape index (κ2) is 5.18. The van der Waals surface area contributed by atoms with Gasteiger partial charge in [0.05, 0.1) is 6.26 Å². The number of nitrogen functional groups attached to an aromatic ring is 1. The van der Waals surface area contributed by atoms with Gasteiger partial charge in [0.25, 0.3) is 0 Å². The van der Waals surface area contributed by atoms with Gasteiger partial charge >= 0.3 is 0 Å². The molecule has 0 aliphatic carbocycles. The van der Waals surface area contributed by atoms with Crippen molar-refractivity contribution in [1.29, 1.82) is 0 Å². The maximum absolute atomic E-state index is 10.8. The van der Waals surface area contributed by atoms with Crippen LogP contribution in [0.5, 0.6) is 0 Å². The summed E-state index contributed by atoms with van der Waals surface area (Å²) in [5, 5.41) is 3.10. The average molecular weight is 243 g/mol. The van der Waals surface area contributed by atoms with Gasteiger partial charge in [0.1, 0.15) is 0 Å². The number of hydrogen-bond donors (Lipinski definition) is 3. The van der Waals surface area contributed by atoms with E-state index in [1.807, 2.05) is 25.1 Å². The number of nitrogens with one attached hydrogen (secondary N) is 2. The molecule has 6 heteroatoms. The molecule has 0 unspecified atom stereocenters. The number of nitrogens with two attached hydrogens (primary N) is 1. The summed E-state index contributed by atoms with van der Waals surface area (Å²) in [6.45, 7) is 2.83. The van der Waals surface area contributed by atoms with Crippen molar-refractivity contribution in [3.8, 4) is 0 Å². The predicted molar refractivity (Wildman–Crippen MR) is 66.9 cm³/mol. The topological polar surface area (TPSA) is 84.2 Å². The van der Waals surface area contributed by atoms with E-state index in [2.05, 4.69) is 10.0 Å². The molecule has 0 atom stereocenters. The van der Waals surface area contributed by atoms with E-state index in [1.165, 1.54) is 0 Å². The summed E-state index contributed by atoms with van der Waals surface area (Å²) in [6.07, 6.45) is 1.14. The molecular formula is C10H17N3O2S. The summed E-state index contributed by atoms with van der Waals surface area (Å²) < 4.78 is 24.0. The van der Waals surface area contributed by atoms with Crippen molar-refractivity contribution in [3.05, 3.63) is 23.8 Å². The third-order valence-corrected chi connectivity index (χ3v) is 2.82. The second-order valence-electron chi connectivity index (χ2n) is 3.66. The van der Waals surface area contributed by atoms with Crippen molar-refractivity contribution in [2.75, 3.05) is 30.4 Å². The first-order chi connectivity index (χ1) is 7.38. The first kappa shape index (κ1) is 12.8. The molecular weight excluding hydrogens is 226 g/mol. The van der Waals surface area contributed by atoms with Gasteiger partial charge < -0.3 is 11.1 Å². The van der Waals surface area contributed by atoms with Crippen LogP contribution >= 0.6 is 0 Å². The number of sulfonamides is 1. The molecule has 16 heavy (non-hydrogen) atoms. The van der Waals surface area contributed by atoms with Gasteiger partial charge in [-0.05, 0) is 30.7 Å². The lowest BCUT2D eigenvalue weighted by Crippen LogP contribution is -2.27. The Kier molecular flexibility index (Phi) is 4.14. The Hall–Kier alpha value is -1.27. The maximum atomic E-state index is 10.8. The van der Waals surface area contributed by atoms with Gasteiger partial charge in [-0.15, -0.1) is 0 Å². The van der Waals surface area contributed by atoms with Gasteiger partial charge in [0.2, 0.25) is 10.0 Å². The van der Waals surface area contributed by atoms with E-state index in [0.717, 1.165) is 23.2 Å². The number of benzene rings is 1. The van der Waals surface area contributed by atoms with E-state index in [1.54, 1.807) is 0 Å². The lowest BCUT2D eigenvalue weighted by Gasteiger charge is -2.08. The van der Waals surface area contributed by atoms with Crippen LogP contribution in [0.2, 0.25) is 0 Å². The van der Waals surface area contributed by atoms with Gasteiger partial charge in [0, 0.05) is 24.5 Å². The Bertz CT molecular complexity index is 457. The molecule has 1 rings (SSSR count). The normalized spacial score (nSPS) is 11.4. The van der Waals surface area contributed by atoms with Crippen LogP contribution in [-0.2, 0) is 10.0 Å². The average Bonchev–Trinajstić information content (AvgIpc) is 2.17. The van der Waals surface area contributed by atoms with E-state index in [-0.39, 0.29) is 0 Å². The minimum absolute atomic E-state index is 0.363. The van der Waals surface area contributed by atoms with Crippen LogP contribution in [0.15, 0.2) is 18.2 Å². The van der Waals surface area contributed by atoms with Gasteiger partial charge in [-0.2, -0.15) is 0 Å². The third kappa shape index (κ3) is 4.50. The number of rotatable bonds is 5. The van der Waals surface area contributed by atoms with Gasteiger partial charge in [0.15, 0.2) is 0 Å². The van der Waals surface area contributed by atoms with Crippen molar-refractivity contribution < 1.29 is 8.42 Å². The van der Waals surface area contributed by atoms with E-state index in [9.17, 15) is 8.42 Å². The van der Waals surface area contributed by atoms with Crippen LogP contribution in [0.1, 0.15) is 5.56 Å². The van der Waals surface area contributed by atoms with Crippen LogP contribution < -0.4 is 15.8 Å². The molecule has 5 nitrogen and oxygen atoms in total. The number of anilines is 2. The van der Waals surface area contributed by atoms with Gasteiger partial charge in [-0.25, -0.2) is 13.1 Å². The molecule has 0 heterocycles. The summed E-state index contributed by atoms with van der Waals surface area (Å²) in [6, 6.07) is 5.61. The summed E-state index contributed by atoms with van der Waals surface area (Å²) in [5.74, 6) is 0. The van der Waals surface area contributed by atoms with Crippen molar-refractivity contribution in [2.45, 2.75) is 6.92 Å². The fraction of sp³-hybridized carbons (Fsp3) is 0.400.